The maximum Gasteiger partial charge on any atom is 0.263 e. The van der Waals surface area contributed by atoms with Crippen LogP contribution >= 0.6 is 0 Å². The standard InChI is InChI=1S/C27H29N5O6S/c1-27(2,3)18-10-12-19(13-11-18)39(34,35)32-23-22(38-21-9-6-5-8-20(21)36-4)26(37-17-16-33)31-25(30-23)24-28-14-7-15-29-24/h5-15,33H,16-17H2,1-4H3,(H,30,31,32)/i1D3,16D2. The minimum absolute atomic E-state index is 0.0232. The Bertz CT molecular complexity index is 1720. The number of nitrogens with zero attached hydrogens (tertiary/aromatic N) is 4. The van der Waals surface area contributed by atoms with E-state index in [2.05, 4.69) is 24.7 Å². The van der Waals surface area contributed by atoms with Crippen molar-refractivity contribution in [2.75, 3.05) is 25.0 Å². The lowest BCUT2D eigenvalue weighted by Gasteiger charge is -2.20. The number of nitrogens with one attached hydrogen (secondary N) is 1. The summed E-state index contributed by atoms with van der Waals surface area (Å²) in [4.78, 5) is 16.5. The van der Waals surface area contributed by atoms with Crippen molar-refractivity contribution < 1.29 is 34.6 Å². The van der Waals surface area contributed by atoms with E-state index < -0.39 is 47.2 Å². The van der Waals surface area contributed by atoms with Crippen molar-refractivity contribution in [1.29, 1.82) is 0 Å². The molecular formula is C27H29N5O6S. The summed E-state index contributed by atoms with van der Waals surface area (Å²) in [6.07, 6.45) is 2.81. The SMILES string of the molecule is [2H]C([2H])(O)COc1nc(-c2ncccn2)nc(NS(=O)(=O)c2ccc(C(C)(C)C([2H])([2H])[2H])cc2)c1Oc1ccccc1OC. The Kier molecular flexibility index (Phi) is 6.44. The van der Waals surface area contributed by atoms with Crippen LogP contribution < -0.4 is 18.9 Å². The number of aromatic nitrogens is 4. The van der Waals surface area contributed by atoms with Crippen LogP contribution in [0.2, 0.25) is 0 Å². The summed E-state index contributed by atoms with van der Waals surface area (Å²) in [5.74, 6) is -1.14. The number of aliphatic hydroxyl groups is 1. The molecule has 2 heterocycles. The third-order valence-electron chi connectivity index (χ3n) is 5.27. The van der Waals surface area contributed by atoms with Gasteiger partial charge in [0.25, 0.3) is 15.9 Å². The first kappa shape index (κ1) is 21.6. The van der Waals surface area contributed by atoms with Gasteiger partial charge in [-0.05, 0) is 41.3 Å². The molecule has 0 aliphatic rings. The lowest BCUT2D eigenvalue weighted by molar-refractivity contribution is 0.192. The molecule has 0 aliphatic heterocycles. The van der Waals surface area contributed by atoms with Crippen LogP contribution in [-0.4, -0.2) is 53.7 Å². The number of sulfonamides is 1. The molecule has 39 heavy (non-hydrogen) atoms. The molecule has 11 nitrogen and oxygen atoms in total. The monoisotopic (exact) mass is 556 g/mol. The maximum atomic E-state index is 13.6. The van der Waals surface area contributed by atoms with Crippen LogP contribution in [0.4, 0.5) is 5.82 Å². The van der Waals surface area contributed by atoms with E-state index in [1.807, 2.05) is 0 Å². The van der Waals surface area contributed by atoms with Crippen LogP contribution in [0, 0.1) is 0 Å². The van der Waals surface area contributed by atoms with E-state index >= 15 is 0 Å². The highest BCUT2D eigenvalue weighted by atomic mass is 32.2. The Morgan fingerprint density at radius 3 is 2.33 bits per heavy atom. The van der Waals surface area contributed by atoms with Crippen LogP contribution in [0.1, 0.15) is 33.1 Å². The van der Waals surface area contributed by atoms with Gasteiger partial charge in [0.05, 0.1) is 21.3 Å². The molecule has 2 aromatic heterocycles. The molecule has 0 spiro atoms. The number of benzene rings is 2. The molecule has 4 aromatic rings. The first-order valence-corrected chi connectivity index (χ1v) is 13.0. The fourth-order valence-electron chi connectivity index (χ4n) is 3.35. The van der Waals surface area contributed by atoms with E-state index in [4.69, 9.17) is 21.1 Å². The lowest BCUT2D eigenvalue weighted by Crippen LogP contribution is -2.17. The Hall–Kier alpha value is -4.29. The molecule has 0 radical (unpaired) electrons. The second kappa shape index (κ2) is 11.6. The molecule has 2 N–H and O–H groups in total. The van der Waals surface area contributed by atoms with Gasteiger partial charge in [-0.3, -0.25) is 4.72 Å². The third kappa shape index (κ3) is 6.59. The molecule has 0 amide bonds. The molecule has 4 rings (SSSR count). The molecule has 0 unspecified atom stereocenters. The summed E-state index contributed by atoms with van der Waals surface area (Å²) < 4.78 is 84.9. The Morgan fingerprint density at radius 1 is 1.00 bits per heavy atom. The molecule has 2 aromatic carbocycles. The van der Waals surface area contributed by atoms with E-state index in [0.717, 1.165) is 0 Å². The van der Waals surface area contributed by atoms with Crippen molar-refractivity contribution in [1.82, 2.24) is 19.9 Å². The van der Waals surface area contributed by atoms with Crippen molar-refractivity contribution in [3.05, 3.63) is 72.6 Å². The van der Waals surface area contributed by atoms with Crippen molar-refractivity contribution in [2.24, 2.45) is 0 Å². The Morgan fingerprint density at radius 2 is 1.69 bits per heavy atom. The molecule has 204 valence electrons. The average Bonchev–Trinajstić information content (AvgIpc) is 2.96. The number of para-hydroxylation sites is 2. The van der Waals surface area contributed by atoms with E-state index in [0.29, 0.717) is 5.56 Å². The van der Waals surface area contributed by atoms with E-state index in [1.54, 1.807) is 24.3 Å². The molecule has 0 fully saturated rings. The molecule has 12 heteroatoms. The fraction of sp³-hybridized carbons (Fsp3) is 0.259. The van der Waals surface area contributed by atoms with Gasteiger partial charge < -0.3 is 19.3 Å². The first-order valence-electron chi connectivity index (χ1n) is 14.0. The van der Waals surface area contributed by atoms with Crippen molar-refractivity contribution in [3.8, 4) is 34.8 Å². The summed E-state index contributed by atoms with van der Waals surface area (Å²) >= 11 is 0. The molecule has 0 bridgehead atoms. The zero-order valence-corrected chi connectivity index (χ0v) is 22.1. The average molecular weight is 557 g/mol. The molecule has 0 saturated heterocycles. The smallest absolute Gasteiger partial charge is 0.263 e. The van der Waals surface area contributed by atoms with Crippen LogP contribution in [0.15, 0.2) is 71.9 Å². The van der Waals surface area contributed by atoms with E-state index in [1.165, 1.54) is 63.7 Å². The normalized spacial score (nSPS) is 14.2. The van der Waals surface area contributed by atoms with Crippen LogP contribution in [0.3, 0.4) is 0 Å². The number of anilines is 1. The van der Waals surface area contributed by atoms with Gasteiger partial charge in [-0.2, -0.15) is 4.98 Å². The number of hydrogen-bond acceptors (Lipinski definition) is 10. The second-order valence-electron chi connectivity index (χ2n) is 8.56. The fourth-order valence-corrected chi connectivity index (χ4v) is 4.36. The quantitative estimate of drug-likeness (QED) is 0.291. The summed E-state index contributed by atoms with van der Waals surface area (Å²) in [7, 11) is -3.02. The highest BCUT2D eigenvalue weighted by Gasteiger charge is 2.26. The topological polar surface area (TPSA) is 146 Å². The van der Waals surface area contributed by atoms with Crippen LogP contribution in [0.5, 0.6) is 23.1 Å². The molecule has 0 saturated carbocycles. The number of hydrogen-bond donors (Lipinski definition) is 2. The highest BCUT2D eigenvalue weighted by molar-refractivity contribution is 7.92. The summed E-state index contributed by atoms with van der Waals surface area (Å²) in [6, 6.07) is 13.3. The van der Waals surface area contributed by atoms with Gasteiger partial charge >= 0.3 is 0 Å². The van der Waals surface area contributed by atoms with Gasteiger partial charge in [0.2, 0.25) is 11.6 Å². The predicted molar refractivity (Wildman–Crippen MR) is 145 cm³/mol. The first-order chi connectivity index (χ1) is 20.5. The number of ether oxygens (including phenoxy) is 3. The third-order valence-corrected chi connectivity index (χ3v) is 6.63. The summed E-state index contributed by atoms with van der Waals surface area (Å²) in [5.41, 5.74) is -0.851. The lowest BCUT2D eigenvalue weighted by atomic mass is 9.87. The summed E-state index contributed by atoms with van der Waals surface area (Å²) in [6.45, 7) is -2.97. The minimum atomic E-state index is -4.41. The maximum absolute atomic E-state index is 13.6. The van der Waals surface area contributed by atoms with E-state index in [9.17, 15) is 13.5 Å². The van der Waals surface area contributed by atoms with Gasteiger partial charge in [0.1, 0.15) is 6.61 Å². The van der Waals surface area contributed by atoms with Gasteiger partial charge in [-0.1, -0.05) is 45.0 Å². The minimum Gasteiger partial charge on any atom is -0.493 e. The molecular weight excluding hydrogens is 522 g/mol. The van der Waals surface area contributed by atoms with E-state index in [-0.39, 0.29) is 33.8 Å². The zero-order valence-electron chi connectivity index (χ0n) is 26.2. The van der Waals surface area contributed by atoms with Crippen molar-refractivity contribution >= 4 is 15.8 Å². The summed E-state index contributed by atoms with van der Waals surface area (Å²) in [5, 5.41) is 9.70. The highest BCUT2D eigenvalue weighted by Crippen LogP contribution is 2.41. The Labute approximate surface area is 234 Å². The van der Waals surface area contributed by atoms with Crippen LogP contribution in [0.25, 0.3) is 11.6 Å². The zero-order chi connectivity index (χ0) is 32.3. The predicted octanol–water partition coefficient (Wildman–Crippen LogP) is 4.20. The van der Waals surface area contributed by atoms with Gasteiger partial charge in [-0.15, -0.1) is 0 Å². The van der Waals surface area contributed by atoms with Gasteiger partial charge in [0.15, 0.2) is 23.1 Å². The number of methoxy groups -OCH3 is 1. The van der Waals surface area contributed by atoms with Gasteiger partial charge in [0, 0.05) is 16.5 Å². The van der Waals surface area contributed by atoms with Crippen molar-refractivity contribution in [3.63, 3.8) is 0 Å². The second-order valence-corrected chi connectivity index (χ2v) is 10.2. The Balaban J connectivity index is 1.86. The molecule has 0 aliphatic carbocycles. The van der Waals surface area contributed by atoms with Crippen LogP contribution in [-0.2, 0) is 15.4 Å². The molecule has 0 atom stereocenters. The van der Waals surface area contributed by atoms with Gasteiger partial charge in [-0.25, -0.2) is 23.4 Å². The largest absolute Gasteiger partial charge is 0.493 e. The number of rotatable bonds is 10. The van der Waals surface area contributed by atoms with Crippen molar-refractivity contribution in [2.45, 2.75) is 31.0 Å².